The van der Waals surface area contributed by atoms with Crippen molar-refractivity contribution in [2.45, 2.75) is 26.1 Å². The highest BCUT2D eigenvalue weighted by molar-refractivity contribution is 4.73. The molecule has 58 valence electrons. The molecule has 0 radical (unpaired) electrons. The van der Waals surface area contributed by atoms with E-state index in [1.165, 1.54) is 0 Å². The van der Waals surface area contributed by atoms with Crippen molar-refractivity contribution < 1.29 is 8.78 Å². The van der Waals surface area contributed by atoms with Crippen LogP contribution in [0.1, 0.15) is 13.8 Å². The van der Waals surface area contributed by atoms with Gasteiger partial charge in [-0.15, -0.1) is 10.2 Å². The van der Waals surface area contributed by atoms with Gasteiger partial charge in [-0.05, 0) is 13.8 Å². The topological polar surface area (TPSA) is 40.0 Å². The minimum Gasteiger partial charge on any atom is -0.183 e. The molecule has 0 amide bonds. The Balaban J connectivity index is 2.54. The van der Waals surface area contributed by atoms with Gasteiger partial charge in [-0.1, -0.05) is 5.22 Å². The van der Waals surface area contributed by atoms with Gasteiger partial charge in [-0.25, -0.2) is 0 Å². The fraction of sp³-hybridized carbons (Fsp3) is 1.00. The second-order valence-corrected chi connectivity index (χ2v) is 2.48. The van der Waals surface area contributed by atoms with Crippen molar-refractivity contribution in [3.8, 4) is 0 Å². The summed E-state index contributed by atoms with van der Waals surface area (Å²) in [6.07, 6.45) is 0. The molecule has 0 atom stereocenters. The zero-order chi connectivity index (χ0) is 7.78. The molecule has 0 fully saturated rings. The molecular formula is C4H8F2N4. The molecule has 0 bridgehead atoms. The first-order chi connectivity index (χ1) is 4.51. The minimum absolute atomic E-state index is 0.431. The predicted molar refractivity (Wildman–Crippen MR) is 29.9 cm³/mol. The van der Waals surface area contributed by atoms with Crippen molar-refractivity contribution in [2.75, 3.05) is 0 Å². The number of rotatable bonds is 1. The first-order valence-corrected chi connectivity index (χ1v) is 2.79. The van der Waals surface area contributed by atoms with Crippen LogP contribution >= 0.6 is 0 Å². The molecule has 0 unspecified atom stereocenters. The molecule has 10 heavy (non-hydrogen) atoms. The van der Waals surface area contributed by atoms with E-state index in [9.17, 15) is 8.78 Å². The molecule has 0 aromatic heterocycles. The summed E-state index contributed by atoms with van der Waals surface area (Å²) < 4.78 is 23.6. The van der Waals surface area contributed by atoms with Crippen LogP contribution in [0.25, 0.3) is 0 Å². The van der Waals surface area contributed by atoms with Gasteiger partial charge in [-0.3, -0.25) is 0 Å². The molecule has 1 aliphatic heterocycles. The molecule has 4 nitrogen and oxygen atoms in total. The van der Waals surface area contributed by atoms with Crippen LogP contribution in [0.5, 0.6) is 0 Å². The monoisotopic (exact) mass is 150 g/mol. The fourth-order valence-electron chi connectivity index (χ4n) is 0.573. The Morgan fingerprint density at radius 1 is 1.50 bits per heavy atom. The van der Waals surface area contributed by atoms with Gasteiger partial charge in [0, 0.05) is 0 Å². The molecule has 6 heteroatoms. The Morgan fingerprint density at radius 3 is 2.30 bits per heavy atom. The Labute approximate surface area is 56.9 Å². The molecule has 1 heterocycles. The van der Waals surface area contributed by atoms with Gasteiger partial charge in [-0.2, -0.15) is 14.2 Å². The van der Waals surface area contributed by atoms with Crippen LogP contribution in [0, 0.1) is 0 Å². The summed E-state index contributed by atoms with van der Waals surface area (Å²) in [5.74, 6) is 0. The van der Waals surface area contributed by atoms with Crippen LogP contribution in [0.3, 0.4) is 0 Å². The SMILES string of the molecule is CC1(C)N=NN(C(F)F)N1. The first-order valence-electron chi connectivity index (χ1n) is 2.79. The van der Waals surface area contributed by atoms with E-state index in [0.29, 0.717) is 5.12 Å². The van der Waals surface area contributed by atoms with E-state index in [1.807, 2.05) is 0 Å². The van der Waals surface area contributed by atoms with E-state index in [0.717, 1.165) is 0 Å². The van der Waals surface area contributed by atoms with E-state index in [2.05, 4.69) is 15.8 Å². The Bertz CT molecular complexity index is 155. The quantitative estimate of drug-likeness (QED) is 0.569. The maximum Gasteiger partial charge on any atom is 0.344 e. The van der Waals surface area contributed by atoms with Crippen LogP contribution in [0.2, 0.25) is 0 Å². The molecule has 0 aliphatic carbocycles. The standard InChI is InChI=1S/C4H8F2N4/c1-4(2)7-9-10(8-4)3(5)6/h3,8H,1-2H3. The van der Waals surface area contributed by atoms with Crippen molar-refractivity contribution in [1.29, 1.82) is 0 Å². The van der Waals surface area contributed by atoms with Gasteiger partial charge < -0.3 is 0 Å². The normalized spacial score (nSPS) is 22.7. The zero-order valence-corrected chi connectivity index (χ0v) is 5.67. The van der Waals surface area contributed by atoms with E-state index < -0.39 is 12.2 Å². The van der Waals surface area contributed by atoms with Gasteiger partial charge in [0.2, 0.25) is 0 Å². The van der Waals surface area contributed by atoms with Crippen LogP contribution in [0.4, 0.5) is 8.78 Å². The van der Waals surface area contributed by atoms with Gasteiger partial charge in [0.05, 0.1) is 0 Å². The van der Waals surface area contributed by atoms with Crippen molar-refractivity contribution in [3.63, 3.8) is 0 Å². The first kappa shape index (κ1) is 7.33. The lowest BCUT2D eigenvalue weighted by Crippen LogP contribution is -2.43. The van der Waals surface area contributed by atoms with Crippen LogP contribution in [0.15, 0.2) is 10.3 Å². The van der Waals surface area contributed by atoms with E-state index >= 15 is 0 Å². The third-order valence-electron chi connectivity index (χ3n) is 0.964. The van der Waals surface area contributed by atoms with Crippen molar-refractivity contribution in [3.05, 3.63) is 0 Å². The lowest BCUT2D eigenvalue weighted by atomic mass is 10.3. The van der Waals surface area contributed by atoms with E-state index in [1.54, 1.807) is 13.8 Å². The number of halogens is 2. The highest BCUT2D eigenvalue weighted by atomic mass is 19.3. The molecule has 0 aromatic rings. The van der Waals surface area contributed by atoms with Gasteiger partial charge in [0.25, 0.3) is 0 Å². The third-order valence-corrected chi connectivity index (χ3v) is 0.964. The van der Waals surface area contributed by atoms with Gasteiger partial charge >= 0.3 is 6.55 Å². The highest BCUT2D eigenvalue weighted by Crippen LogP contribution is 2.16. The number of hydrogen-bond donors (Lipinski definition) is 1. The third kappa shape index (κ3) is 1.38. The summed E-state index contributed by atoms with van der Waals surface area (Å²) in [7, 11) is 0. The van der Waals surface area contributed by atoms with Gasteiger partial charge in [0.15, 0.2) is 0 Å². The van der Waals surface area contributed by atoms with Crippen LogP contribution in [-0.2, 0) is 0 Å². The number of alkyl halides is 2. The van der Waals surface area contributed by atoms with Gasteiger partial charge in [0.1, 0.15) is 5.66 Å². The van der Waals surface area contributed by atoms with E-state index in [4.69, 9.17) is 0 Å². The summed E-state index contributed by atoms with van der Waals surface area (Å²) >= 11 is 0. The smallest absolute Gasteiger partial charge is 0.183 e. The average molecular weight is 150 g/mol. The summed E-state index contributed by atoms with van der Waals surface area (Å²) in [4.78, 5) is 0. The molecule has 0 saturated carbocycles. The molecule has 1 N–H and O–H groups in total. The largest absolute Gasteiger partial charge is 0.344 e. The summed E-state index contributed by atoms with van der Waals surface area (Å²) in [5, 5.41) is 7.15. The summed E-state index contributed by atoms with van der Waals surface area (Å²) in [6, 6.07) is 0. The molecule has 0 spiro atoms. The number of hydrogen-bond acceptors (Lipinski definition) is 4. The number of nitrogens with zero attached hydrogens (tertiary/aromatic N) is 3. The number of hydrazine groups is 1. The maximum atomic E-state index is 11.8. The fourth-order valence-corrected chi connectivity index (χ4v) is 0.573. The van der Waals surface area contributed by atoms with Crippen molar-refractivity contribution >= 4 is 0 Å². The maximum absolute atomic E-state index is 11.8. The molecule has 1 rings (SSSR count). The van der Waals surface area contributed by atoms with Crippen LogP contribution in [-0.4, -0.2) is 17.3 Å². The predicted octanol–water partition coefficient (Wildman–Crippen LogP) is 1.13. The second-order valence-electron chi connectivity index (χ2n) is 2.48. The summed E-state index contributed by atoms with van der Waals surface area (Å²) in [5.41, 5.74) is 1.68. The average Bonchev–Trinajstić information content (AvgIpc) is 2.10. The lowest BCUT2D eigenvalue weighted by Gasteiger charge is -2.17. The number of nitrogens with one attached hydrogen (secondary N) is 1. The van der Waals surface area contributed by atoms with E-state index in [-0.39, 0.29) is 0 Å². The molecule has 1 aliphatic rings. The zero-order valence-electron chi connectivity index (χ0n) is 5.67. The Morgan fingerprint density at radius 2 is 2.10 bits per heavy atom. The Kier molecular flexibility index (Phi) is 1.55. The van der Waals surface area contributed by atoms with Crippen LogP contribution < -0.4 is 5.43 Å². The second kappa shape index (κ2) is 2.12. The lowest BCUT2D eigenvalue weighted by molar-refractivity contribution is -0.0606. The molecule has 0 aromatic carbocycles. The minimum atomic E-state index is -2.63. The highest BCUT2D eigenvalue weighted by Gasteiger charge is 2.30. The summed E-state index contributed by atoms with van der Waals surface area (Å²) in [6.45, 7) is 0.670. The Hall–Kier alpha value is -0.780. The molecule has 0 saturated heterocycles. The van der Waals surface area contributed by atoms with Crippen molar-refractivity contribution in [2.24, 2.45) is 10.3 Å². The molecular weight excluding hydrogens is 142 g/mol. The van der Waals surface area contributed by atoms with Crippen molar-refractivity contribution in [1.82, 2.24) is 10.5 Å².